The largest absolute Gasteiger partial charge is 0.327 e. The molecule has 0 aromatic heterocycles. The van der Waals surface area contributed by atoms with Gasteiger partial charge in [0.05, 0.1) is 0 Å². The number of urea groups is 1. The molecule has 0 saturated carbocycles. The average molecular weight is 362 g/mol. The van der Waals surface area contributed by atoms with E-state index in [-0.39, 0.29) is 30.4 Å². The molecule has 0 aliphatic carbocycles. The van der Waals surface area contributed by atoms with E-state index in [0.29, 0.717) is 18.1 Å². The van der Waals surface area contributed by atoms with Crippen LogP contribution in [0.25, 0.3) is 0 Å². The van der Waals surface area contributed by atoms with Crippen molar-refractivity contribution >= 4 is 23.5 Å². The number of rotatable bonds is 5. The van der Waals surface area contributed by atoms with Crippen LogP contribution < -0.4 is 0 Å². The highest BCUT2D eigenvalue weighted by atomic mass is 35.5. The van der Waals surface area contributed by atoms with E-state index in [0.717, 1.165) is 24.9 Å². The topological polar surface area (TPSA) is 43.9 Å². The molecule has 2 aliphatic rings. The predicted octanol–water partition coefficient (Wildman–Crippen LogP) is 3.17. The zero-order valence-electron chi connectivity index (χ0n) is 14.5. The highest BCUT2D eigenvalue weighted by Crippen LogP contribution is 2.37. The van der Waals surface area contributed by atoms with E-state index < -0.39 is 0 Å². The quantitative estimate of drug-likeness (QED) is 0.597. The van der Waals surface area contributed by atoms with E-state index in [1.807, 2.05) is 18.2 Å². The van der Waals surface area contributed by atoms with E-state index in [9.17, 15) is 9.59 Å². The Morgan fingerprint density at radius 3 is 2.88 bits per heavy atom. The molecule has 2 unspecified atom stereocenters. The number of hydrogen-bond donors (Lipinski definition) is 0. The predicted molar refractivity (Wildman–Crippen MR) is 98.4 cm³/mol. The minimum Gasteiger partial charge on any atom is -0.311 e. The molecule has 2 saturated heterocycles. The summed E-state index contributed by atoms with van der Waals surface area (Å²) in [5.74, 6) is 0.0821. The fraction of sp³-hybridized carbons (Fsp3) is 0.474. The lowest BCUT2D eigenvalue weighted by Gasteiger charge is -2.40. The van der Waals surface area contributed by atoms with Gasteiger partial charge in [-0.25, -0.2) is 4.79 Å². The number of carbonyl (C=O) groups is 2. The second kappa shape index (κ2) is 7.58. The third-order valence-corrected chi connectivity index (χ3v) is 5.33. The highest BCUT2D eigenvalue weighted by Gasteiger charge is 2.40. The van der Waals surface area contributed by atoms with E-state index in [2.05, 4.69) is 24.6 Å². The molecule has 2 atom stereocenters. The number of amides is 3. The van der Waals surface area contributed by atoms with Crippen molar-refractivity contribution in [2.75, 3.05) is 33.2 Å². The maximum absolute atomic E-state index is 12.5. The highest BCUT2D eigenvalue weighted by molar-refractivity contribution is 6.30. The SMILES string of the molecule is C=CCN1CC(=O)N(CC2CCCN(C)C2c2cccc(Cl)c2)C1=O. The first-order valence-electron chi connectivity index (χ1n) is 8.67. The molecule has 1 aromatic carbocycles. The Kier molecular flexibility index (Phi) is 5.45. The number of imide groups is 1. The molecule has 0 radical (unpaired) electrons. The van der Waals surface area contributed by atoms with Crippen LogP contribution in [-0.4, -0.2) is 59.9 Å². The standard InChI is InChI=1S/C19H24ClN3O2/c1-3-9-22-13-17(24)23(19(22)25)12-15-7-5-10-21(2)18(15)14-6-4-8-16(20)11-14/h3-4,6,8,11,15,18H,1,5,7,9-10,12-13H2,2H3. The van der Waals surface area contributed by atoms with Gasteiger partial charge in [0, 0.05) is 24.2 Å². The number of carbonyl (C=O) groups excluding carboxylic acids is 2. The van der Waals surface area contributed by atoms with Crippen LogP contribution in [0.15, 0.2) is 36.9 Å². The molecule has 2 aliphatic heterocycles. The number of likely N-dealkylation sites (tertiary alicyclic amines) is 1. The monoisotopic (exact) mass is 361 g/mol. The molecule has 0 N–H and O–H groups in total. The lowest BCUT2D eigenvalue weighted by molar-refractivity contribution is -0.126. The van der Waals surface area contributed by atoms with E-state index in [1.54, 1.807) is 6.08 Å². The Morgan fingerprint density at radius 1 is 1.36 bits per heavy atom. The van der Waals surface area contributed by atoms with Crippen molar-refractivity contribution in [2.45, 2.75) is 18.9 Å². The van der Waals surface area contributed by atoms with Gasteiger partial charge in [-0.2, -0.15) is 0 Å². The lowest BCUT2D eigenvalue weighted by atomic mass is 9.84. The first-order valence-corrected chi connectivity index (χ1v) is 9.05. The Labute approximate surface area is 153 Å². The Morgan fingerprint density at radius 2 is 2.16 bits per heavy atom. The van der Waals surface area contributed by atoms with Crippen LogP contribution in [0.4, 0.5) is 4.79 Å². The lowest BCUT2D eigenvalue weighted by Crippen LogP contribution is -2.44. The van der Waals surface area contributed by atoms with Crippen molar-refractivity contribution in [3.63, 3.8) is 0 Å². The van der Waals surface area contributed by atoms with Crippen molar-refractivity contribution in [1.29, 1.82) is 0 Å². The van der Waals surface area contributed by atoms with Gasteiger partial charge in [-0.15, -0.1) is 6.58 Å². The molecule has 0 bridgehead atoms. The summed E-state index contributed by atoms with van der Waals surface area (Å²) < 4.78 is 0. The van der Waals surface area contributed by atoms with Crippen molar-refractivity contribution in [3.8, 4) is 0 Å². The number of nitrogens with zero attached hydrogens (tertiary/aromatic N) is 3. The molecule has 25 heavy (non-hydrogen) atoms. The van der Waals surface area contributed by atoms with Crippen LogP contribution in [-0.2, 0) is 4.79 Å². The fourth-order valence-corrected chi connectivity index (χ4v) is 4.17. The van der Waals surface area contributed by atoms with Crippen molar-refractivity contribution in [3.05, 3.63) is 47.5 Å². The smallest absolute Gasteiger partial charge is 0.311 e. The first kappa shape index (κ1) is 18.0. The van der Waals surface area contributed by atoms with Gasteiger partial charge in [0.25, 0.3) is 0 Å². The molecule has 134 valence electrons. The summed E-state index contributed by atoms with van der Waals surface area (Å²) in [6, 6.07) is 7.82. The molecule has 1 aromatic rings. The van der Waals surface area contributed by atoms with Crippen LogP contribution in [0, 0.1) is 5.92 Å². The number of piperidine rings is 1. The van der Waals surface area contributed by atoms with Crippen LogP contribution in [0.3, 0.4) is 0 Å². The Bertz CT molecular complexity index is 678. The molecule has 2 heterocycles. The van der Waals surface area contributed by atoms with Gasteiger partial charge in [-0.05, 0) is 50.0 Å². The summed E-state index contributed by atoms with van der Waals surface area (Å²) in [5, 5.41) is 0.709. The van der Waals surface area contributed by atoms with Gasteiger partial charge in [-0.1, -0.05) is 29.8 Å². The van der Waals surface area contributed by atoms with Crippen LogP contribution >= 0.6 is 11.6 Å². The van der Waals surface area contributed by atoms with Gasteiger partial charge in [-0.3, -0.25) is 14.6 Å². The third kappa shape index (κ3) is 3.72. The second-order valence-corrected chi connectivity index (χ2v) is 7.28. The van der Waals surface area contributed by atoms with E-state index >= 15 is 0 Å². The number of benzene rings is 1. The summed E-state index contributed by atoms with van der Waals surface area (Å²) in [6.07, 6.45) is 3.70. The molecule has 3 rings (SSSR count). The van der Waals surface area contributed by atoms with Gasteiger partial charge in [0.2, 0.25) is 5.91 Å². The summed E-state index contributed by atoms with van der Waals surface area (Å²) in [6.45, 7) is 5.65. The van der Waals surface area contributed by atoms with Crippen molar-refractivity contribution < 1.29 is 9.59 Å². The molecule has 2 fully saturated rings. The van der Waals surface area contributed by atoms with Crippen molar-refractivity contribution in [2.24, 2.45) is 5.92 Å². The normalized spacial score (nSPS) is 24.9. The maximum Gasteiger partial charge on any atom is 0.327 e. The first-order chi connectivity index (χ1) is 12.0. The molecule has 6 heteroatoms. The summed E-state index contributed by atoms with van der Waals surface area (Å²) >= 11 is 6.18. The van der Waals surface area contributed by atoms with Gasteiger partial charge < -0.3 is 4.90 Å². The van der Waals surface area contributed by atoms with Crippen molar-refractivity contribution in [1.82, 2.24) is 14.7 Å². The minimum absolute atomic E-state index is 0.120. The van der Waals surface area contributed by atoms with E-state index in [1.165, 1.54) is 9.80 Å². The van der Waals surface area contributed by atoms with Gasteiger partial charge >= 0.3 is 6.03 Å². The van der Waals surface area contributed by atoms with Crippen LogP contribution in [0.2, 0.25) is 5.02 Å². The summed E-state index contributed by atoms with van der Waals surface area (Å²) in [7, 11) is 2.09. The summed E-state index contributed by atoms with van der Waals surface area (Å²) in [4.78, 5) is 30.1. The Balaban J connectivity index is 1.80. The van der Waals surface area contributed by atoms with E-state index in [4.69, 9.17) is 11.6 Å². The number of hydrogen-bond acceptors (Lipinski definition) is 3. The molecule has 5 nitrogen and oxygen atoms in total. The average Bonchev–Trinajstić information content (AvgIpc) is 2.83. The second-order valence-electron chi connectivity index (χ2n) is 6.84. The zero-order chi connectivity index (χ0) is 18.0. The third-order valence-electron chi connectivity index (χ3n) is 5.09. The van der Waals surface area contributed by atoms with Gasteiger partial charge in [0.15, 0.2) is 0 Å². The molecular weight excluding hydrogens is 338 g/mol. The molecule has 0 spiro atoms. The fourth-order valence-electron chi connectivity index (χ4n) is 3.97. The van der Waals surface area contributed by atoms with Crippen LogP contribution in [0.1, 0.15) is 24.4 Å². The zero-order valence-corrected chi connectivity index (χ0v) is 15.3. The summed E-state index contributed by atoms with van der Waals surface area (Å²) in [5.41, 5.74) is 1.14. The molecular formula is C19H24ClN3O2. The maximum atomic E-state index is 12.5. The minimum atomic E-state index is -0.206. The number of halogens is 1. The molecule has 3 amide bonds. The Hall–Kier alpha value is -1.85. The van der Waals surface area contributed by atoms with Crippen LogP contribution in [0.5, 0.6) is 0 Å². The van der Waals surface area contributed by atoms with Gasteiger partial charge in [0.1, 0.15) is 6.54 Å².